The molecule has 38 heavy (non-hydrogen) atoms. The molecule has 0 saturated carbocycles. The van der Waals surface area contributed by atoms with Crippen molar-refractivity contribution in [2.75, 3.05) is 23.8 Å². The molecule has 2 amide bonds. The van der Waals surface area contributed by atoms with Gasteiger partial charge in [0, 0.05) is 29.6 Å². The van der Waals surface area contributed by atoms with Crippen LogP contribution < -0.4 is 16.8 Å². The first-order valence-corrected chi connectivity index (χ1v) is 13.8. The summed E-state index contributed by atoms with van der Waals surface area (Å²) in [4.78, 5) is 46.8. The van der Waals surface area contributed by atoms with Crippen LogP contribution in [0, 0.1) is 0 Å². The van der Waals surface area contributed by atoms with Crippen LogP contribution in [0.5, 0.6) is 0 Å². The van der Waals surface area contributed by atoms with Crippen LogP contribution in [-0.2, 0) is 25.8 Å². The van der Waals surface area contributed by atoms with E-state index in [4.69, 9.17) is 11.5 Å². The molecule has 0 spiro atoms. The molecular weight excluding hydrogens is 596 g/mol. The molecule has 4 rings (SSSR count). The summed E-state index contributed by atoms with van der Waals surface area (Å²) in [7, 11) is 0. The lowest BCUT2D eigenvalue weighted by atomic mass is 10.0. The highest BCUT2D eigenvalue weighted by atomic mass is 32.2. The number of carboxylic acid groups (broad SMARTS) is 1. The first kappa shape index (κ1) is 28.0. The van der Waals surface area contributed by atoms with Gasteiger partial charge < -0.3 is 26.7 Å². The van der Waals surface area contributed by atoms with Gasteiger partial charge in [-0.3, -0.25) is 14.5 Å². The average Bonchev–Trinajstić information content (AvgIpc) is 3.51. The summed E-state index contributed by atoms with van der Waals surface area (Å²) in [5.41, 5.74) is 10.5. The maximum Gasteiger partial charge on any atom is 0.425 e. The summed E-state index contributed by atoms with van der Waals surface area (Å²) in [6, 6.07) is -1.19. The van der Waals surface area contributed by atoms with E-state index in [1.165, 1.54) is 34.9 Å². The number of hydrogen-bond donors (Lipinski definition) is 4. The maximum atomic E-state index is 12.9. The van der Waals surface area contributed by atoms with Gasteiger partial charge in [0.1, 0.15) is 22.1 Å². The number of alkyl halides is 3. The molecule has 2 atom stereocenters. The van der Waals surface area contributed by atoms with E-state index in [9.17, 15) is 32.7 Å². The Kier molecular flexibility index (Phi) is 8.40. The van der Waals surface area contributed by atoms with E-state index in [-0.39, 0.29) is 28.9 Å². The van der Waals surface area contributed by atoms with Crippen molar-refractivity contribution >= 4 is 75.0 Å². The number of nitrogen functional groups attached to an aromatic ring is 1. The zero-order chi connectivity index (χ0) is 27.6. The summed E-state index contributed by atoms with van der Waals surface area (Å²) in [6.45, 7) is -1.56. The summed E-state index contributed by atoms with van der Waals surface area (Å²) in [6.07, 6.45) is -4.72. The minimum Gasteiger partial charge on any atom is -0.477 e. The van der Waals surface area contributed by atoms with Crippen molar-refractivity contribution in [1.29, 1.82) is 0 Å². The average molecular weight is 612 g/mol. The van der Waals surface area contributed by atoms with E-state index in [0.717, 1.165) is 4.90 Å². The Bertz CT molecular complexity index is 1310. The van der Waals surface area contributed by atoms with E-state index in [2.05, 4.69) is 34.9 Å². The van der Waals surface area contributed by atoms with Crippen LogP contribution in [0.1, 0.15) is 10.8 Å². The molecule has 2 aliphatic heterocycles. The smallest absolute Gasteiger partial charge is 0.425 e. The van der Waals surface area contributed by atoms with Gasteiger partial charge in [-0.15, -0.1) is 22.0 Å². The second-order valence-electron chi connectivity index (χ2n) is 7.36. The summed E-state index contributed by atoms with van der Waals surface area (Å²) < 4.78 is 41.7. The van der Waals surface area contributed by atoms with Gasteiger partial charge in [0.05, 0.1) is 0 Å². The topological polar surface area (TPSA) is 212 Å². The third-order valence-corrected chi connectivity index (χ3v) is 8.83. The number of nitrogens with zero attached hydrogens (tertiary/aromatic N) is 6. The number of carboxylic acids is 1. The largest absolute Gasteiger partial charge is 0.477 e. The van der Waals surface area contributed by atoms with Gasteiger partial charge in [0.2, 0.25) is 18.1 Å². The van der Waals surface area contributed by atoms with E-state index in [1.807, 2.05) is 0 Å². The van der Waals surface area contributed by atoms with Crippen molar-refractivity contribution in [3.8, 4) is 0 Å². The quantitative estimate of drug-likeness (QED) is 0.123. The molecule has 1 unspecified atom stereocenters. The zero-order valence-corrected chi connectivity index (χ0v) is 21.9. The van der Waals surface area contributed by atoms with Gasteiger partial charge in [-0.05, 0) is 5.57 Å². The number of hydrogen-bond acceptors (Lipinski definition) is 15. The molecule has 0 aromatic carbocycles. The Balaban J connectivity index is 1.48. The molecule has 14 nitrogen and oxygen atoms in total. The van der Waals surface area contributed by atoms with Gasteiger partial charge in [-0.2, -0.15) is 22.5 Å². The van der Waals surface area contributed by atoms with Crippen molar-refractivity contribution in [1.82, 2.24) is 29.8 Å². The second-order valence-corrected chi connectivity index (χ2v) is 11.5. The van der Waals surface area contributed by atoms with Crippen molar-refractivity contribution in [3.05, 3.63) is 22.1 Å². The molecule has 0 radical (unpaired) electrons. The Morgan fingerprint density at radius 2 is 2.11 bits per heavy atom. The van der Waals surface area contributed by atoms with Gasteiger partial charge in [0.15, 0.2) is 9.47 Å². The number of nitrogens with two attached hydrogens (primary N) is 2. The minimum absolute atomic E-state index is 0.0838. The lowest BCUT2D eigenvalue weighted by Crippen LogP contribution is -2.71. The van der Waals surface area contributed by atoms with Gasteiger partial charge in [0.25, 0.3) is 11.8 Å². The van der Waals surface area contributed by atoms with Crippen molar-refractivity contribution in [3.63, 3.8) is 0 Å². The molecule has 2 aliphatic rings. The SMILES string of the molecule is NCc1nnc(SCC2=C(C(=O)O)N3C(=O)C(NC(=O)C(=NOCC(F)(F)F)c4nsc(N)n4)[C@H]3SC2)s1. The van der Waals surface area contributed by atoms with E-state index in [1.54, 1.807) is 0 Å². The monoisotopic (exact) mass is 611 g/mol. The number of aromatic nitrogens is 4. The first-order chi connectivity index (χ1) is 18.0. The fraction of sp³-hybridized carbons (Fsp3) is 0.412. The summed E-state index contributed by atoms with van der Waals surface area (Å²) in [5, 5.41) is 23.0. The summed E-state index contributed by atoms with van der Waals surface area (Å²) >= 11 is 4.40. The van der Waals surface area contributed by atoms with Crippen LogP contribution in [0.25, 0.3) is 0 Å². The van der Waals surface area contributed by atoms with Crippen LogP contribution in [0.3, 0.4) is 0 Å². The molecule has 6 N–H and O–H groups in total. The van der Waals surface area contributed by atoms with E-state index >= 15 is 0 Å². The predicted octanol–water partition coefficient (Wildman–Crippen LogP) is 0.244. The van der Waals surface area contributed by atoms with Crippen molar-refractivity contribution in [2.24, 2.45) is 10.9 Å². The molecule has 1 saturated heterocycles. The number of oxime groups is 1. The van der Waals surface area contributed by atoms with E-state index < -0.39 is 53.5 Å². The van der Waals surface area contributed by atoms with Crippen molar-refractivity contribution < 1.29 is 37.5 Å². The predicted molar refractivity (Wildman–Crippen MR) is 131 cm³/mol. The molecule has 21 heteroatoms. The Morgan fingerprint density at radius 1 is 1.34 bits per heavy atom. The molecule has 2 aromatic rings. The molecular formula is C17H16F3N9O5S4. The van der Waals surface area contributed by atoms with Crippen LogP contribution in [0.2, 0.25) is 0 Å². The molecule has 204 valence electrons. The molecule has 4 heterocycles. The number of carbonyl (C=O) groups excluding carboxylic acids is 2. The number of halogens is 3. The van der Waals surface area contributed by atoms with Crippen LogP contribution in [0.15, 0.2) is 20.8 Å². The zero-order valence-electron chi connectivity index (χ0n) is 18.7. The molecule has 2 aromatic heterocycles. The number of amides is 2. The molecule has 0 bridgehead atoms. The fourth-order valence-corrected chi connectivity index (χ4v) is 6.91. The number of carbonyl (C=O) groups is 3. The summed E-state index contributed by atoms with van der Waals surface area (Å²) in [5.74, 6) is -3.08. The van der Waals surface area contributed by atoms with Crippen molar-refractivity contribution in [2.45, 2.75) is 28.5 Å². The molecule has 1 fully saturated rings. The highest BCUT2D eigenvalue weighted by molar-refractivity contribution is 8.01. The van der Waals surface area contributed by atoms with Crippen LogP contribution in [-0.4, -0.2) is 88.8 Å². The first-order valence-electron chi connectivity index (χ1n) is 10.2. The van der Waals surface area contributed by atoms with Gasteiger partial charge in [-0.1, -0.05) is 28.3 Å². The normalized spacial score (nSPS) is 19.7. The fourth-order valence-electron chi connectivity index (χ4n) is 3.22. The van der Waals surface area contributed by atoms with E-state index in [0.29, 0.717) is 26.5 Å². The number of thioether (sulfide) groups is 2. The molecule has 0 aliphatic carbocycles. The number of rotatable bonds is 10. The standard InChI is InChI=1S/C17H16F3N9O5S4/c18-17(19,20)4-34-27-7(10-24-15(22)38-28-10)11(30)23-8-12(31)29-9(14(32)33)5(2-35-13(8)29)3-36-16-26-25-6(1-21)37-16/h8,13H,1-4,21H2,(H,23,30)(H,32,33)(H2,22,24,28)/t8?,13-/m1/s1. The lowest BCUT2D eigenvalue weighted by Gasteiger charge is -2.49. The number of β-lactam (4-membered cyclic amide) rings is 1. The Labute approximate surface area is 227 Å². The highest BCUT2D eigenvalue weighted by Gasteiger charge is 2.54. The highest BCUT2D eigenvalue weighted by Crippen LogP contribution is 2.41. The third-order valence-electron chi connectivity index (χ3n) is 4.78. The number of nitrogens with one attached hydrogen (secondary N) is 1. The number of anilines is 1. The lowest BCUT2D eigenvalue weighted by molar-refractivity contribution is -0.174. The second kappa shape index (κ2) is 11.4. The Morgan fingerprint density at radius 3 is 2.71 bits per heavy atom. The van der Waals surface area contributed by atoms with Gasteiger partial charge >= 0.3 is 12.1 Å². The minimum atomic E-state index is -4.72. The number of fused-ring (bicyclic) bond motifs is 1. The van der Waals surface area contributed by atoms with Crippen LogP contribution in [0.4, 0.5) is 18.3 Å². The van der Waals surface area contributed by atoms with Crippen LogP contribution >= 0.6 is 46.4 Å². The maximum absolute atomic E-state index is 12.9. The number of aliphatic carboxylic acids is 1. The van der Waals surface area contributed by atoms with Gasteiger partial charge in [-0.25, -0.2) is 4.79 Å². The Hall–Kier alpha value is -3.01. The third kappa shape index (κ3) is 6.17.